The van der Waals surface area contributed by atoms with Crippen molar-refractivity contribution in [2.24, 2.45) is 11.3 Å². The van der Waals surface area contributed by atoms with E-state index in [9.17, 15) is 24.3 Å². The van der Waals surface area contributed by atoms with Gasteiger partial charge in [0.05, 0.1) is 34.8 Å². The molecule has 3 saturated heterocycles. The van der Waals surface area contributed by atoms with E-state index in [0.717, 1.165) is 67.3 Å². The Hall–Kier alpha value is -3.59. The number of nitrogens with one attached hydrogen (secondary N) is 2. The van der Waals surface area contributed by atoms with E-state index >= 15 is 0 Å². The van der Waals surface area contributed by atoms with Crippen LogP contribution in [0.3, 0.4) is 0 Å². The van der Waals surface area contributed by atoms with Crippen molar-refractivity contribution in [2.45, 2.75) is 104 Å². The molecule has 1 aromatic heterocycles. The number of piperidine rings is 1. The van der Waals surface area contributed by atoms with Crippen molar-refractivity contribution < 1.29 is 29.0 Å². The maximum Gasteiger partial charge on any atom is 0.410 e. The summed E-state index contributed by atoms with van der Waals surface area (Å²) in [7, 11) is 0. The zero-order chi connectivity index (χ0) is 39.4. The Kier molecular flexibility index (Phi) is 13.5. The van der Waals surface area contributed by atoms with Gasteiger partial charge in [-0.2, -0.15) is 0 Å². The van der Waals surface area contributed by atoms with E-state index in [2.05, 4.69) is 25.4 Å². The van der Waals surface area contributed by atoms with Crippen molar-refractivity contribution >= 4 is 35.2 Å². The molecule has 3 N–H and O–H groups in total. The molecule has 4 heterocycles. The maximum atomic E-state index is 14.1. The normalized spacial score (nSPS) is 21.8. The predicted molar refractivity (Wildman–Crippen MR) is 210 cm³/mol. The van der Waals surface area contributed by atoms with Gasteiger partial charge >= 0.3 is 6.09 Å². The van der Waals surface area contributed by atoms with Crippen LogP contribution in [0.2, 0.25) is 0 Å². The van der Waals surface area contributed by atoms with Gasteiger partial charge in [0.2, 0.25) is 17.7 Å². The first-order valence-corrected chi connectivity index (χ1v) is 20.3. The number of rotatable bonds is 10. The van der Waals surface area contributed by atoms with Crippen molar-refractivity contribution in [3.63, 3.8) is 0 Å². The van der Waals surface area contributed by atoms with Gasteiger partial charge in [0, 0.05) is 45.7 Å². The van der Waals surface area contributed by atoms with E-state index < -0.39 is 29.2 Å². The van der Waals surface area contributed by atoms with Gasteiger partial charge in [-0.15, -0.1) is 11.3 Å². The van der Waals surface area contributed by atoms with Crippen LogP contribution in [0.4, 0.5) is 4.79 Å². The molecule has 3 aliphatic rings. The van der Waals surface area contributed by atoms with E-state index in [1.807, 2.05) is 85.2 Å². The SMILES string of the molecule is Cc1ncsc1-c1ccc([C@H](C)NC(=O)[C@@H]2C[C@@H](O)CN2C(=O)[C@@H](NC(=O)CN2CCC(CN3CCN(C(=O)OC(C)(C)C)CC3)CC2)C(C)(C)C)cc1. The van der Waals surface area contributed by atoms with Crippen LogP contribution >= 0.6 is 11.3 Å². The first kappa shape index (κ1) is 41.6. The number of nitrogens with zero attached hydrogens (tertiary/aromatic N) is 5. The van der Waals surface area contributed by atoms with Crippen LogP contribution in [-0.4, -0.2) is 136 Å². The molecule has 0 radical (unpaired) electrons. The Morgan fingerprint density at radius 3 is 2.17 bits per heavy atom. The van der Waals surface area contributed by atoms with Gasteiger partial charge in [0.1, 0.15) is 17.7 Å². The first-order chi connectivity index (χ1) is 25.4. The molecule has 2 aromatic rings. The summed E-state index contributed by atoms with van der Waals surface area (Å²) < 4.78 is 5.53. The quantitative estimate of drug-likeness (QED) is 0.326. The molecular formula is C40H61N7O6S. The van der Waals surface area contributed by atoms with Gasteiger partial charge < -0.3 is 30.3 Å². The molecule has 54 heavy (non-hydrogen) atoms. The molecule has 1 aromatic carbocycles. The molecule has 0 unspecified atom stereocenters. The Morgan fingerprint density at radius 1 is 0.944 bits per heavy atom. The molecule has 0 aliphatic carbocycles. The van der Waals surface area contributed by atoms with Crippen LogP contribution in [0.15, 0.2) is 29.8 Å². The van der Waals surface area contributed by atoms with E-state index in [0.29, 0.717) is 19.0 Å². The fraction of sp³-hybridized carbons (Fsp3) is 0.675. The smallest absolute Gasteiger partial charge is 0.410 e. The number of carbonyl (C=O) groups is 4. The number of amides is 4. The van der Waals surface area contributed by atoms with Gasteiger partial charge in [-0.05, 0) is 83.0 Å². The minimum absolute atomic E-state index is 0.0280. The highest BCUT2D eigenvalue weighted by Gasteiger charge is 2.45. The van der Waals surface area contributed by atoms with E-state index in [-0.39, 0.29) is 49.4 Å². The second-order valence-electron chi connectivity index (χ2n) is 17.4. The summed E-state index contributed by atoms with van der Waals surface area (Å²) >= 11 is 1.59. The second kappa shape index (κ2) is 17.5. The van der Waals surface area contributed by atoms with Crippen LogP contribution in [-0.2, 0) is 19.1 Å². The van der Waals surface area contributed by atoms with Gasteiger partial charge in [-0.25, -0.2) is 9.78 Å². The maximum absolute atomic E-state index is 14.1. The summed E-state index contributed by atoms with van der Waals surface area (Å²) in [5, 5.41) is 16.7. The summed E-state index contributed by atoms with van der Waals surface area (Å²) in [6.45, 7) is 20.9. The van der Waals surface area contributed by atoms with Crippen LogP contribution in [0.1, 0.15) is 85.0 Å². The molecule has 0 spiro atoms. The van der Waals surface area contributed by atoms with Crippen molar-refractivity contribution in [2.75, 3.05) is 58.9 Å². The third-order valence-electron chi connectivity index (χ3n) is 10.7. The summed E-state index contributed by atoms with van der Waals surface area (Å²) in [5.74, 6) is -0.413. The zero-order valence-electron chi connectivity index (χ0n) is 33.4. The van der Waals surface area contributed by atoms with Gasteiger partial charge in [-0.3, -0.25) is 24.2 Å². The largest absolute Gasteiger partial charge is 0.444 e. The fourth-order valence-corrected chi connectivity index (χ4v) is 8.37. The highest BCUT2D eigenvalue weighted by Crippen LogP contribution is 2.30. The van der Waals surface area contributed by atoms with E-state index in [1.54, 1.807) is 16.2 Å². The monoisotopic (exact) mass is 767 g/mol. The number of aromatic nitrogens is 1. The number of β-amino-alcohol motifs (C(OH)–C–C–N with tert-alkyl or cyclic N) is 1. The summed E-state index contributed by atoms with van der Waals surface area (Å²) in [4.78, 5) is 66.9. The average Bonchev–Trinajstić information content (AvgIpc) is 3.72. The summed E-state index contributed by atoms with van der Waals surface area (Å²) in [6.07, 6.45) is 0.981. The van der Waals surface area contributed by atoms with Crippen LogP contribution in [0, 0.1) is 18.3 Å². The standard InChI is InChI=1S/C40H61N7O6S/c1-26(29-9-11-30(12-10-29)34-27(2)41-25-54-34)42-36(50)32-21-31(48)23-47(32)37(51)35(39(3,4)5)43-33(49)24-44-15-13-28(14-16-44)22-45-17-19-46(20-18-45)38(52)53-40(6,7)8/h9-12,25-26,28,31-32,35,48H,13-24H2,1-8H3,(H,42,50)(H,43,49)/t26-,31+,32-,35+/m0/s1. The lowest BCUT2D eigenvalue weighted by molar-refractivity contribution is -0.144. The molecule has 13 nitrogen and oxygen atoms in total. The minimum Gasteiger partial charge on any atom is -0.444 e. The number of ether oxygens (including phenoxy) is 1. The number of piperazine rings is 1. The number of benzene rings is 1. The number of likely N-dealkylation sites (tertiary alicyclic amines) is 2. The molecule has 0 saturated carbocycles. The molecule has 298 valence electrons. The van der Waals surface area contributed by atoms with Crippen LogP contribution in [0.25, 0.3) is 10.4 Å². The Morgan fingerprint density at radius 2 is 1.59 bits per heavy atom. The Labute approximate surface area is 324 Å². The van der Waals surface area contributed by atoms with Crippen molar-refractivity contribution in [3.8, 4) is 10.4 Å². The van der Waals surface area contributed by atoms with Crippen molar-refractivity contribution in [1.82, 2.24) is 35.2 Å². The number of aliphatic hydroxyl groups excluding tert-OH is 1. The molecule has 5 rings (SSSR count). The lowest BCUT2D eigenvalue weighted by Crippen LogP contribution is -2.59. The summed E-state index contributed by atoms with van der Waals surface area (Å²) in [6, 6.07) is 5.96. The number of aryl methyl sites for hydroxylation is 1. The molecule has 14 heteroatoms. The average molecular weight is 768 g/mol. The second-order valence-corrected chi connectivity index (χ2v) is 18.2. The molecule has 0 bridgehead atoms. The molecular weight excluding hydrogens is 707 g/mol. The number of carbonyl (C=O) groups excluding carboxylic acids is 4. The van der Waals surface area contributed by atoms with Gasteiger partial charge in [-0.1, -0.05) is 45.0 Å². The topological polar surface area (TPSA) is 148 Å². The highest BCUT2D eigenvalue weighted by atomic mass is 32.1. The lowest BCUT2D eigenvalue weighted by atomic mass is 9.85. The van der Waals surface area contributed by atoms with Crippen LogP contribution in [0.5, 0.6) is 0 Å². The van der Waals surface area contributed by atoms with E-state index in [4.69, 9.17) is 4.74 Å². The fourth-order valence-electron chi connectivity index (χ4n) is 7.56. The Balaban J connectivity index is 1.10. The van der Waals surface area contributed by atoms with Gasteiger partial charge in [0.15, 0.2) is 0 Å². The number of aliphatic hydroxyl groups is 1. The van der Waals surface area contributed by atoms with E-state index in [1.165, 1.54) is 4.90 Å². The molecule has 3 fully saturated rings. The first-order valence-electron chi connectivity index (χ1n) is 19.4. The predicted octanol–water partition coefficient (Wildman–Crippen LogP) is 4.05. The van der Waals surface area contributed by atoms with Crippen molar-refractivity contribution in [1.29, 1.82) is 0 Å². The number of hydrogen-bond donors (Lipinski definition) is 3. The van der Waals surface area contributed by atoms with Crippen molar-refractivity contribution in [3.05, 3.63) is 41.0 Å². The molecule has 3 aliphatic heterocycles. The lowest BCUT2D eigenvalue weighted by Gasteiger charge is -2.39. The van der Waals surface area contributed by atoms with Crippen LogP contribution < -0.4 is 10.6 Å². The Bertz CT molecular complexity index is 1600. The highest BCUT2D eigenvalue weighted by molar-refractivity contribution is 7.13. The van der Waals surface area contributed by atoms with Gasteiger partial charge in [0.25, 0.3) is 0 Å². The minimum atomic E-state index is -0.873. The number of hydrogen-bond acceptors (Lipinski definition) is 10. The zero-order valence-corrected chi connectivity index (χ0v) is 34.2. The molecule has 4 amide bonds. The third kappa shape index (κ3) is 11.0. The summed E-state index contributed by atoms with van der Waals surface area (Å²) in [5.41, 5.74) is 3.66. The number of thiazole rings is 1. The molecule has 4 atom stereocenters. The third-order valence-corrected chi connectivity index (χ3v) is 11.7.